The third-order valence-electron chi connectivity index (χ3n) is 16.6. The number of imide groups is 1. The molecule has 5 aromatic rings. The van der Waals surface area contributed by atoms with Crippen molar-refractivity contribution in [3.05, 3.63) is 155 Å². The summed E-state index contributed by atoms with van der Waals surface area (Å²) in [5, 5.41) is 17.4. The van der Waals surface area contributed by atoms with Crippen LogP contribution < -0.4 is 39.6 Å². The lowest BCUT2D eigenvalue weighted by atomic mass is 10.0. The summed E-state index contributed by atoms with van der Waals surface area (Å²) in [5.74, 6) is -0.615. The molecule has 1 saturated carbocycles. The molecule has 90 heavy (non-hydrogen) atoms. The van der Waals surface area contributed by atoms with Gasteiger partial charge in [0.25, 0.3) is 23.6 Å². The van der Waals surface area contributed by atoms with E-state index in [4.69, 9.17) is 38.9 Å². The van der Waals surface area contributed by atoms with E-state index in [0.717, 1.165) is 33.2 Å². The predicted molar refractivity (Wildman–Crippen MR) is 336 cm³/mol. The van der Waals surface area contributed by atoms with Gasteiger partial charge in [-0.3, -0.25) is 48.4 Å². The second kappa shape index (κ2) is 26.9. The van der Waals surface area contributed by atoms with Crippen molar-refractivity contribution in [1.29, 1.82) is 5.26 Å². The van der Waals surface area contributed by atoms with Crippen LogP contribution in [0.1, 0.15) is 127 Å². The Morgan fingerprint density at radius 2 is 1.22 bits per heavy atom. The van der Waals surface area contributed by atoms with Crippen molar-refractivity contribution < 1.29 is 57.2 Å². The van der Waals surface area contributed by atoms with Crippen LogP contribution >= 0.6 is 0 Å². The molecule has 5 aromatic carbocycles. The van der Waals surface area contributed by atoms with Crippen LogP contribution in [0, 0.1) is 17.2 Å². The molecule has 0 spiro atoms. The highest BCUT2D eigenvalue weighted by Crippen LogP contribution is 2.44. The van der Waals surface area contributed by atoms with Crippen LogP contribution in [0.15, 0.2) is 131 Å². The fourth-order valence-electron chi connectivity index (χ4n) is 11.3. The number of methoxy groups -OCH3 is 2. The molecule has 462 valence electrons. The zero-order valence-corrected chi connectivity index (χ0v) is 50.7. The van der Waals surface area contributed by atoms with Gasteiger partial charge < -0.3 is 49.4 Å². The SMILES string of the molecule is COc1cc2c(cc1OCCCOc1cc3c(cc1OC)C(=O)N1C=C(c4ccc(NC(=O)[C@@H](C)NC(=O)[C@H](NC(=O)CCCCCN5C(=O)C=C(Oc6ccc(C#N)cc6)C5=O)C(C)C)cc4)C[C@@H]1C=N3)N=CC1CC(c3ccc(C4CC4)cc3)=CN1C2=O. The number of anilines is 1. The van der Waals surface area contributed by atoms with E-state index < -0.39 is 35.7 Å². The minimum absolute atomic E-state index is 0.102. The van der Waals surface area contributed by atoms with Gasteiger partial charge in [0.15, 0.2) is 28.8 Å². The summed E-state index contributed by atoms with van der Waals surface area (Å²) in [6, 6.07) is 28.3. The predicted octanol–water partition coefficient (Wildman–Crippen LogP) is 9.72. The van der Waals surface area contributed by atoms with E-state index in [-0.39, 0.29) is 67.7 Å². The van der Waals surface area contributed by atoms with Crippen molar-refractivity contribution in [2.75, 3.05) is 39.3 Å². The Morgan fingerprint density at radius 3 is 1.76 bits per heavy atom. The highest BCUT2D eigenvalue weighted by atomic mass is 16.5. The van der Waals surface area contributed by atoms with Crippen LogP contribution in [0.5, 0.6) is 28.7 Å². The highest BCUT2D eigenvalue weighted by molar-refractivity contribution is 6.15. The van der Waals surface area contributed by atoms with Gasteiger partial charge in [-0.2, -0.15) is 5.26 Å². The number of rotatable bonds is 25. The van der Waals surface area contributed by atoms with Crippen molar-refractivity contribution in [3.8, 4) is 34.8 Å². The minimum Gasteiger partial charge on any atom is -0.493 e. The molecule has 11 rings (SSSR count). The molecule has 5 heterocycles. The van der Waals surface area contributed by atoms with E-state index >= 15 is 0 Å². The summed E-state index contributed by atoms with van der Waals surface area (Å²) in [4.78, 5) is 107. The number of unbranched alkanes of at least 4 members (excludes halogenated alkanes) is 2. The van der Waals surface area contributed by atoms with Crippen molar-refractivity contribution in [2.24, 2.45) is 15.9 Å². The lowest BCUT2D eigenvalue weighted by molar-refractivity contribution is -0.138. The first-order valence-corrected chi connectivity index (χ1v) is 30.3. The number of hydrogen-bond acceptors (Lipinski definition) is 15. The summed E-state index contributed by atoms with van der Waals surface area (Å²) >= 11 is 0. The number of carbonyl (C=O) groups excluding carboxylic acids is 7. The van der Waals surface area contributed by atoms with Crippen molar-refractivity contribution in [2.45, 2.75) is 109 Å². The third-order valence-corrected chi connectivity index (χ3v) is 16.6. The average molecular weight is 1220 g/mol. The normalized spacial score (nSPS) is 17.8. The zero-order valence-electron chi connectivity index (χ0n) is 50.7. The van der Waals surface area contributed by atoms with Crippen LogP contribution in [-0.4, -0.2) is 127 Å². The molecule has 21 heteroatoms. The Labute approximate surface area is 521 Å². The first kappa shape index (κ1) is 61.3. The number of fused-ring (bicyclic) bond motifs is 4. The number of nitrogens with one attached hydrogen (secondary N) is 3. The topological polar surface area (TPSA) is 260 Å². The number of ether oxygens (including phenoxy) is 5. The monoisotopic (exact) mass is 1220 g/mol. The molecule has 0 bridgehead atoms. The van der Waals surface area contributed by atoms with Gasteiger partial charge in [0, 0.05) is 74.9 Å². The molecule has 0 aromatic heterocycles. The number of amides is 7. The summed E-state index contributed by atoms with van der Waals surface area (Å²) in [6.07, 6.45) is 14.1. The number of nitrogens with zero attached hydrogens (tertiary/aromatic N) is 6. The molecule has 6 aliphatic rings. The molecular weight excluding hydrogens is 1150 g/mol. The van der Waals surface area contributed by atoms with E-state index in [1.54, 1.807) is 85.3 Å². The Kier molecular flexibility index (Phi) is 18.4. The van der Waals surface area contributed by atoms with Gasteiger partial charge in [-0.25, -0.2) is 0 Å². The smallest absolute Gasteiger partial charge is 0.296 e. The number of benzene rings is 5. The molecule has 21 nitrogen and oxygen atoms in total. The Morgan fingerprint density at radius 1 is 0.656 bits per heavy atom. The first-order chi connectivity index (χ1) is 43.5. The van der Waals surface area contributed by atoms with Crippen LogP contribution in [0.3, 0.4) is 0 Å². The zero-order chi connectivity index (χ0) is 63.2. The van der Waals surface area contributed by atoms with Crippen molar-refractivity contribution in [1.82, 2.24) is 25.3 Å². The lowest BCUT2D eigenvalue weighted by Crippen LogP contribution is -2.53. The molecule has 1 aliphatic carbocycles. The maximum atomic E-state index is 14.2. The van der Waals surface area contributed by atoms with E-state index in [9.17, 15) is 33.6 Å². The van der Waals surface area contributed by atoms with Gasteiger partial charge in [-0.05, 0) is 121 Å². The second-order valence-corrected chi connectivity index (χ2v) is 23.3. The van der Waals surface area contributed by atoms with Crippen LogP contribution in [0.4, 0.5) is 17.1 Å². The number of carbonyl (C=O) groups is 7. The summed E-state index contributed by atoms with van der Waals surface area (Å²) in [7, 11) is 3.04. The molecular formula is C69H69N9O12. The number of nitriles is 1. The molecule has 5 aliphatic heterocycles. The van der Waals surface area contributed by atoms with E-state index in [1.165, 1.54) is 44.8 Å². The number of hydrogen-bond donors (Lipinski definition) is 3. The molecule has 0 saturated heterocycles. The quantitative estimate of drug-likeness (QED) is 0.0363. The van der Waals surface area contributed by atoms with Crippen LogP contribution in [-0.2, 0) is 24.0 Å². The van der Waals surface area contributed by atoms with Gasteiger partial charge in [-0.1, -0.05) is 56.7 Å². The van der Waals surface area contributed by atoms with Gasteiger partial charge in [-0.15, -0.1) is 0 Å². The van der Waals surface area contributed by atoms with Crippen molar-refractivity contribution >= 4 is 82.0 Å². The average Bonchev–Trinajstić information content (AvgIpc) is 1.78. The second-order valence-electron chi connectivity index (χ2n) is 23.3. The first-order valence-electron chi connectivity index (χ1n) is 30.3. The fraction of sp³-hybridized carbons (Fsp3) is 0.333. The lowest BCUT2D eigenvalue weighted by Gasteiger charge is -2.24. The maximum Gasteiger partial charge on any atom is 0.296 e. The highest BCUT2D eigenvalue weighted by Gasteiger charge is 2.37. The van der Waals surface area contributed by atoms with Gasteiger partial charge in [0.05, 0.1) is 79.7 Å². The van der Waals surface area contributed by atoms with E-state index in [2.05, 4.69) is 40.2 Å². The number of aliphatic imine (C=N–C) groups is 2. The van der Waals surface area contributed by atoms with Gasteiger partial charge in [0.1, 0.15) is 17.8 Å². The summed E-state index contributed by atoms with van der Waals surface area (Å²) in [5.41, 5.74) is 7.92. The Bertz CT molecular complexity index is 3860. The maximum absolute atomic E-state index is 14.2. The Balaban J connectivity index is 0.615. The third kappa shape index (κ3) is 13.7. The molecule has 4 atom stereocenters. The standard InChI is InChI=1S/C69H69N9O12/c1-40(2)64(75-62(79)10-7-6-8-25-76-63(80)34-61(69(76)85)90-52-23-11-42(35-70)12-24-52)66(82)73-41(3)65(81)74-49-21-19-46(20-22-49)48-29-51-37-72-56-33-60(58(87-5)31-54(56)68(84)78(51)39-48)89-27-9-26-88-59-32-55-53(30-57(59)86-4)67(83)77-38-47(28-50(77)36-71-55)45-17-15-44(16-18-45)43-13-14-43/h11-12,15-24,30-34,36-41,43,50-51,64H,6-10,13-14,25-29H2,1-5H3,(H,73,82)(H,74,81)(H,75,79)/t41-,50?,51-,64-/m1/s1. The van der Waals surface area contributed by atoms with Gasteiger partial charge in [0.2, 0.25) is 17.7 Å². The van der Waals surface area contributed by atoms with Gasteiger partial charge >= 0.3 is 0 Å². The van der Waals surface area contributed by atoms with E-state index in [0.29, 0.717) is 107 Å². The van der Waals surface area contributed by atoms with Crippen LogP contribution in [0.2, 0.25) is 0 Å². The van der Waals surface area contributed by atoms with Crippen molar-refractivity contribution in [3.63, 3.8) is 0 Å². The van der Waals surface area contributed by atoms with Crippen LogP contribution in [0.25, 0.3) is 11.1 Å². The molecule has 0 radical (unpaired) electrons. The summed E-state index contributed by atoms with van der Waals surface area (Å²) < 4.78 is 29.4. The molecule has 7 amide bonds. The molecule has 1 unspecified atom stereocenters. The molecule has 3 N–H and O–H groups in total. The summed E-state index contributed by atoms with van der Waals surface area (Å²) in [6.45, 7) is 5.76. The largest absolute Gasteiger partial charge is 0.493 e. The minimum atomic E-state index is -0.956. The van der Waals surface area contributed by atoms with E-state index in [1.807, 2.05) is 36.8 Å². The Hall–Kier alpha value is -10.4. The molecule has 1 fully saturated rings. The fourth-order valence-corrected chi connectivity index (χ4v) is 11.3.